The molecule has 0 radical (unpaired) electrons. The maximum absolute atomic E-state index is 13.3. The van der Waals surface area contributed by atoms with Crippen LogP contribution in [0.1, 0.15) is 29.3 Å². The highest BCUT2D eigenvalue weighted by atomic mass is 19.1. The number of aromatic carboxylic acids is 1. The number of carbonyl (C=O) groups is 1. The first-order valence-corrected chi connectivity index (χ1v) is 5.24. The first-order chi connectivity index (χ1) is 8.00. The number of hydrogen-bond donors (Lipinski definition) is 1. The molecule has 0 amide bonds. The second-order valence-electron chi connectivity index (χ2n) is 3.87. The lowest BCUT2D eigenvalue weighted by Crippen LogP contribution is -2.02. The molecule has 0 saturated heterocycles. The summed E-state index contributed by atoms with van der Waals surface area (Å²) in [5.74, 6) is -1.53. The van der Waals surface area contributed by atoms with Crippen LogP contribution in [-0.2, 0) is 11.3 Å². The molecule has 0 bridgehead atoms. The van der Waals surface area contributed by atoms with Gasteiger partial charge in [-0.1, -0.05) is 5.57 Å². The summed E-state index contributed by atoms with van der Waals surface area (Å²) in [4.78, 5) is 10.7. The van der Waals surface area contributed by atoms with E-state index in [4.69, 9.17) is 9.84 Å². The highest BCUT2D eigenvalue weighted by Gasteiger charge is 2.08. The standard InChI is InChI=1S/C13H15FO3/c1-9(2)5-6-17-8-11-7-10(13(15)16)3-4-12(11)14/h3-4,7H,1,5-6,8H2,2H3,(H,15,16). The van der Waals surface area contributed by atoms with Crippen molar-refractivity contribution in [3.8, 4) is 0 Å². The van der Waals surface area contributed by atoms with Gasteiger partial charge >= 0.3 is 5.97 Å². The van der Waals surface area contributed by atoms with E-state index in [1.807, 2.05) is 6.92 Å². The van der Waals surface area contributed by atoms with Crippen LogP contribution in [0.5, 0.6) is 0 Å². The van der Waals surface area contributed by atoms with E-state index in [2.05, 4.69) is 6.58 Å². The Kier molecular flexibility index (Phi) is 4.84. The minimum absolute atomic E-state index is 0.0601. The predicted molar refractivity (Wildman–Crippen MR) is 62.4 cm³/mol. The van der Waals surface area contributed by atoms with Crippen LogP contribution in [0, 0.1) is 5.82 Å². The second kappa shape index (κ2) is 6.15. The summed E-state index contributed by atoms with van der Waals surface area (Å²) in [7, 11) is 0. The minimum atomic E-state index is -1.08. The molecule has 0 aromatic heterocycles. The van der Waals surface area contributed by atoms with Crippen molar-refractivity contribution in [2.45, 2.75) is 20.0 Å². The van der Waals surface area contributed by atoms with Gasteiger partial charge in [0, 0.05) is 5.56 Å². The number of benzene rings is 1. The van der Waals surface area contributed by atoms with Crippen LogP contribution >= 0.6 is 0 Å². The van der Waals surface area contributed by atoms with Crippen molar-refractivity contribution in [3.63, 3.8) is 0 Å². The fraction of sp³-hybridized carbons (Fsp3) is 0.308. The van der Waals surface area contributed by atoms with E-state index < -0.39 is 11.8 Å². The SMILES string of the molecule is C=C(C)CCOCc1cc(C(=O)O)ccc1F. The van der Waals surface area contributed by atoms with Crippen LogP contribution in [0.15, 0.2) is 30.4 Å². The molecule has 1 rings (SSSR count). The van der Waals surface area contributed by atoms with Crippen LogP contribution in [0.2, 0.25) is 0 Å². The molecule has 0 spiro atoms. The quantitative estimate of drug-likeness (QED) is 0.612. The van der Waals surface area contributed by atoms with Gasteiger partial charge in [0.2, 0.25) is 0 Å². The van der Waals surface area contributed by atoms with E-state index in [1.54, 1.807) is 0 Å². The minimum Gasteiger partial charge on any atom is -0.478 e. The highest BCUT2D eigenvalue weighted by molar-refractivity contribution is 5.87. The molecule has 1 N–H and O–H groups in total. The Morgan fingerprint density at radius 2 is 2.24 bits per heavy atom. The van der Waals surface area contributed by atoms with Gasteiger partial charge in [0.15, 0.2) is 0 Å². The van der Waals surface area contributed by atoms with Crippen molar-refractivity contribution < 1.29 is 19.0 Å². The first-order valence-electron chi connectivity index (χ1n) is 5.24. The summed E-state index contributed by atoms with van der Waals surface area (Å²) >= 11 is 0. The fourth-order valence-corrected chi connectivity index (χ4v) is 1.25. The number of halogens is 1. The summed E-state index contributed by atoms with van der Waals surface area (Å²) in [5, 5.41) is 8.77. The zero-order valence-electron chi connectivity index (χ0n) is 9.70. The molecule has 0 heterocycles. The fourth-order valence-electron chi connectivity index (χ4n) is 1.25. The van der Waals surface area contributed by atoms with Crippen LogP contribution in [0.4, 0.5) is 4.39 Å². The van der Waals surface area contributed by atoms with Crippen molar-refractivity contribution in [2.75, 3.05) is 6.61 Å². The lowest BCUT2D eigenvalue weighted by molar-refractivity contribution is 0.0696. The third kappa shape index (κ3) is 4.36. The average molecular weight is 238 g/mol. The van der Waals surface area contributed by atoms with Crippen LogP contribution in [0.3, 0.4) is 0 Å². The van der Waals surface area contributed by atoms with Crippen molar-refractivity contribution >= 4 is 5.97 Å². The van der Waals surface area contributed by atoms with Crippen LogP contribution < -0.4 is 0 Å². The Morgan fingerprint density at radius 3 is 2.82 bits per heavy atom. The Bertz CT molecular complexity index is 427. The Balaban J connectivity index is 2.60. The van der Waals surface area contributed by atoms with Gasteiger partial charge in [-0.05, 0) is 31.5 Å². The van der Waals surface area contributed by atoms with Crippen molar-refractivity contribution in [3.05, 3.63) is 47.3 Å². The van der Waals surface area contributed by atoms with Gasteiger partial charge in [-0.15, -0.1) is 6.58 Å². The van der Waals surface area contributed by atoms with Crippen LogP contribution in [-0.4, -0.2) is 17.7 Å². The molecule has 3 nitrogen and oxygen atoms in total. The molecule has 1 aromatic rings. The van der Waals surface area contributed by atoms with Gasteiger partial charge in [-0.2, -0.15) is 0 Å². The van der Waals surface area contributed by atoms with Gasteiger partial charge in [-0.25, -0.2) is 9.18 Å². The topological polar surface area (TPSA) is 46.5 Å². The van der Waals surface area contributed by atoms with Crippen molar-refractivity contribution in [1.82, 2.24) is 0 Å². The molecule has 4 heteroatoms. The number of carboxylic acids is 1. The molecular formula is C13H15FO3. The number of rotatable bonds is 6. The highest BCUT2D eigenvalue weighted by Crippen LogP contribution is 2.12. The normalized spacial score (nSPS) is 10.2. The molecule has 1 aromatic carbocycles. The zero-order valence-corrected chi connectivity index (χ0v) is 9.70. The summed E-state index contributed by atoms with van der Waals surface area (Å²) in [6, 6.07) is 3.66. The van der Waals surface area contributed by atoms with Crippen molar-refractivity contribution in [1.29, 1.82) is 0 Å². The molecule has 0 aliphatic rings. The van der Waals surface area contributed by atoms with Crippen LogP contribution in [0.25, 0.3) is 0 Å². The average Bonchev–Trinajstić information content (AvgIpc) is 2.25. The summed E-state index contributed by atoms with van der Waals surface area (Å²) in [6.45, 7) is 6.13. The maximum Gasteiger partial charge on any atom is 0.335 e. The molecule has 0 aliphatic heterocycles. The second-order valence-corrected chi connectivity index (χ2v) is 3.87. The molecule has 0 aliphatic carbocycles. The zero-order chi connectivity index (χ0) is 12.8. The molecular weight excluding hydrogens is 223 g/mol. The first kappa shape index (κ1) is 13.4. The smallest absolute Gasteiger partial charge is 0.335 e. The van der Waals surface area contributed by atoms with Gasteiger partial charge in [0.05, 0.1) is 18.8 Å². The van der Waals surface area contributed by atoms with E-state index in [9.17, 15) is 9.18 Å². The third-order valence-corrected chi connectivity index (χ3v) is 2.22. The van der Waals surface area contributed by atoms with E-state index in [-0.39, 0.29) is 17.7 Å². The Morgan fingerprint density at radius 1 is 1.53 bits per heavy atom. The molecule has 0 atom stereocenters. The Hall–Kier alpha value is -1.68. The monoisotopic (exact) mass is 238 g/mol. The van der Waals surface area contributed by atoms with Crippen molar-refractivity contribution in [2.24, 2.45) is 0 Å². The number of hydrogen-bond acceptors (Lipinski definition) is 2. The molecule has 0 saturated carbocycles. The van der Waals surface area contributed by atoms with Gasteiger partial charge < -0.3 is 9.84 Å². The molecule has 17 heavy (non-hydrogen) atoms. The van der Waals surface area contributed by atoms with Gasteiger partial charge in [-0.3, -0.25) is 0 Å². The largest absolute Gasteiger partial charge is 0.478 e. The molecule has 0 unspecified atom stereocenters. The molecule has 92 valence electrons. The van der Waals surface area contributed by atoms with E-state index in [1.165, 1.54) is 12.1 Å². The van der Waals surface area contributed by atoms with Gasteiger partial charge in [0.1, 0.15) is 5.82 Å². The Labute approximate surface area is 99.5 Å². The van der Waals surface area contributed by atoms with Gasteiger partial charge in [0.25, 0.3) is 0 Å². The maximum atomic E-state index is 13.3. The summed E-state index contributed by atoms with van der Waals surface area (Å²) < 4.78 is 18.6. The van der Waals surface area contributed by atoms with E-state index in [0.717, 1.165) is 11.6 Å². The number of ether oxygens (including phenoxy) is 1. The third-order valence-electron chi connectivity index (χ3n) is 2.22. The lowest BCUT2D eigenvalue weighted by atomic mass is 10.1. The lowest BCUT2D eigenvalue weighted by Gasteiger charge is -2.06. The molecule has 0 fully saturated rings. The number of carboxylic acid groups (broad SMARTS) is 1. The summed E-state index contributed by atoms with van der Waals surface area (Å²) in [5.41, 5.74) is 1.31. The summed E-state index contributed by atoms with van der Waals surface area (Å²) in [6.07, 6.45) is 0.709. The van der Waals surface area contributed by atoms with E-state index in [0.29, 0.717) is 13.0 Å². The van der Waals surface area contributed by atoms with E-state index >= 15 is 0 Å². The predicted octanol–water partition coefficient (Wildman–Crippen LogP) is 3.01.